The Morgan fingerprint density at radius 1 is 0.818 bits per heavy atom. The van der Waals surface area contributed by atoms with Crippen molar-refractivity contribution in [1.82, 2.24) is 0 Å². The summed E-state index contributed by atoms with van der Waals surface area (Å²) in [6.07, 6.45) is 1.05. The van der Waals surface area contributed by atoms with Crippen LogP contribution in [0.3, 0.4) is 0 Å². The van der Waals surface area contributed by atoms with Gasteiger partial charge >= 0.3 is 0 Å². The number of hydrogen-bond acceptors (Lipinski definition) is 2. The van der Waals surface area contributed by atoms with Crippen LogP contribution >= 0.6 is 0 Å². The van der Waals surface area contributed by atoms with Crippen molar-refractivity contribution in [1.29, 1.82) is 0 Å². The SMILES string of the molecule is C[Si](C)(CCCN)O[Si](C)(c1ccccc1)c1ccccc1. The second kappa shape index (κ2) is 7.37. The Kier molecular flexibility index (Phi) is 5.75. The van der Waals surface area contributed by atoms with Crippen molar-refractivity contribution in [3.63, 3.8) is 0 Å². The van der Waals surface area contributed by atoms with Crippen LogP contribution in [0.4, 0.5) is 0 Å². The lowest BCUT2D eigenvalue weighted by atomic mass is 10.4. The average molecular weight is 330 g/mol. The van der Waals surface area contributed by atoms with Crippen LogP contribution < -0.4 is 16.1 Å². The normalized spacial score (nSPS) is 12.4. The van der Waals surface area contributed by atoms with Gasteiger partial charge in [0.05, 0.1) is 0 Å². The average Bonchev–Trinajstić information content (AvgIpc) is 2.54. The van der Waals surface area contributed by atoms with Crippen molar-refractivity contribution in [3.05, 3.63) is 60.7 Å². The molecule has 2 aromatic carbocycles. The van der Waals surface area contributed by atoms with Crippen LogP contribution in [0.25, 0.3) is 0 Å². The second-order valence-electron chi connectivity index (χ2n) is 6.52. The third-order valence-corrected chi connectivity index (χ3v) is 12.4. The zero-order chi connectivity index (χ0) is 16.1. The molecule has 0 heterocycles. The van der Waals surface area contributed by atoms with Crippen molar-refractivity contribution in [2.24, 2.45) is 5.73 Å². The third kappa shape index (κ3) is 4.17. The van der Waals surface area contributed by atoms with Crippen LogP contribution in [0.15, 0.2) is 60.7 Å². The molecule has 0 amide bonds. The van der Waals surface area contributed by atoms with Crippen LogP contribution in [0.1, 0.15) is 6.42 Å². The van der Waals surface area contributed by atoms with E-state index in [1.54, 1.807) is 0 Å². The summed E-state index contributed by atoms with van der Waals surface area (Å²) in [7, 11) is -3.91. The minimum absolute atomic E-state index is 0.745. The molecule has 0 spiro atoms. The monoisotopic (exact) mass is 329 g/mol. The Morgan fingerprint density at radius 2 is 1.27 bits per heavy atom. The van der Waals surface area contributed by atoms with Gasteiger partial charge in [-0.15, -0.1) is 0 Å². The molecule has 118 valence electrons. The Hall–Kier alpha value is -1.21. The quantitative estimate of drug-likeness (QED) is 0.793. The zero-order valence-electron chi connectivity index (χ0n) is 13.9. The zero-order valence-corrected chi connectivity index (χ0v) is 15.9. The fourth-order valence-corrected chi connectivity index (χ4v) is 11.7. The fraction of sp³-hybridized carbons (Fsp3) is 0.333. The van der Waals surface area contributed by atoms with Crippen LogP contribution in [-0.2, 0) is 4.12 Å². The van der Waals surface area contributed by atoms with E-state index in [0.717, 1.165) is 19.0 Å². The summed E-state index contributed by atoms with van der Waals surface area (Å²) in [5, 5.41) is 2.68. The molecule has 0 aliphatic carbocycles. The van der Waals surface area contributed by atoms with Gasteiger partial charge in [0.15, 0.2) is 8.32 Å². The first kappa shape index (κ1) is 17.2. The summed E-state index contributed by atoms with van der Waals surface area (Å²) in [6.45, 7) is 7.71. The van der Waals surface area contributed by atoms with E-state index < -0.39 is 16.6 Å². The van der Waals surface area contributed by atoms with E-state index in [-0.39, 0.29) is 0 Å². The van der Waals surface area contributed by atoms with E-state index in [9.17, 15) is 0 Å². The molecule has 0 unspecified atom stereocenters. The van der Waals surface area contributed by atoms with E-state index in [1.807, 2.05) is 0 Å². The molecule has 2 nitrogen and oxygen atoms in total. The Bertz CT molecular complexity index is 533. The summed E-state index contributed by atoms with van der Waals surface area (Å²) >= 11 is 0. The van der Waals surface area contributed by atoms with Gasteiger partial charge in [-0.1, -0.05) is 60.7 Å². The molecule has 0 saturated carbocycles. The van der Waals surface area contributed by atoms with Gasteiger partial charge < -0.3 is 9.85 Å². The number of nitrogens with two attached hydrogens (primary N) is 1. The van der Waals surface area contributed by atoms with Gasteiger partial charge in [-0.3, -0.25) is 0 Å². The highest BCUT2D eigenvalue weighted by molar-refractivity contribution is 7.01. The molecular weight excluding hydrogens is 302 g/mol. The summed E-state index contributed by atoms with van der Waals surface area (Å²) in [5.74, 6) is 0. The van der Waals surface area contributed by atoms with Crippen LogP contribution in [0.2, 0.25) is 25.7 Å². The third-order valence-electron chi connectivity index (χ3n) is 4.11. The highest BCUT2D eigenvalue weighted by Gasteiger charge is 2.39. The smallest absolute Gasteiger partial charge is 0.241 e. The summed E-state index contributed by atoms with van der Waals surface area (Å²) in [4.78, 5) is 0. The maximum absolute atomic E-state index is 6.92. The van der Waals surface area contributed by atoms with Gasteiger partial charge in [-0.05, 0) is 49.0 Å². The molecule has 0 fully saturated rings. The molecule has 0 aromatic heterocycles. The van der Waals surface area contributed by atoms with Crippen molar-refractivity contribution in [2.75, 3.05) is 6.54 Å². The molecule has 22 heavy (non-hydrogen) atoms. The van der Waals surface area contributed by atoms with Crippen molar-refractivity contribution in [3.8, 4) is 0 Å². The largest absolute Gasteiger partial charge is 0.449 e. The van der Waals surface area contributed by atoms with Crippen LogP contribution in [-0.4, -0.2) is 23.2 Å². The lowest BCUT2D eigenvalue weighted by Crippen LogP contribution is -2.62. The molecule has 2 aromatic rings. The van der Waals surface area contributed by atoms with Crippen molar-refractivity contribution < 1.29 is 4.12 Å². The molecule has 0 atom stereocenters. The van der Waals surface area contributed by atoms with E-state index in [2.05, 4.69) is 80.3 Å². The van der Waals surface area contributed by atoms with Gasteiger partial charge in [0.2, 0.25) is 8.32 Å². The van der Waals surface area contributed by atoms with Gasteiger partial charge in [-0.25, -0.2) is 0 Å². The lowest BCUT2D eigenvalue weighted by Gasteiger charge is -2.37. The molecule has 0 bridgehead atoms. The lowest BCUT2D eigenvalue weighted by molar-refractivity contribution is 0.557. The van der Waals surface area contributed by atoms with Crippen molar-refractivity contribution in [2.45, 2.75) is 32.1 Å². The highest BCUT2D eigenvalue weighted by atomic mass is 28.4. The number of hydrogen-bond donors (Lipinski definition) is 1. The standard InChI is InChI=1S/C18H27NOSi2/c1-21(2,16-10-15-19)20-22(3,17-11-6-4-7-12-17)18-13-8-5-9-14-18/h4-9,11-14H,10,15-16,19H2,1-3H3. The van der Waals surface area contributed by atoms with Gasteiger partial charge in [0.25, 0.3) is 0 Å². The van der Waals surface area contributed by atoms with Crippen molar-refractivity contribution >= 4 is 27.0 Å². The van der Waals surface area contributed by atoms with E-state index in [0.29, 0.717) is 0 Å². The minimum Gasteiger partial charge on any atom is -0.449 e. The Morgan fingerprint density at radius 3 is 1.68 bits per heavy atom. The second-order valence-corrected chi connectivity index (χ2v) is 14.6. The molecular formula is C18H27NOSi2. The number of rotatable bonds is 7. The van der Waals surface area contributed by atoms with Gasteiger partial charge in [-0.2, -0.15) is 0 Å². The predicted octanol–water partition coefficient (Wildman–Crippen LogP) is 2.95. The van der Waals surface area contributed by atoms with E-state index >= 15 is 0 Å². The molecule has 0 aliphatic heterocycles. The molecule has 0 aliphatic rings. The molecule has 4 heteroatoms. The minimum atomic E-state index is -2.17. The van der Waals surface area contributed by atoms with Crippen LogP contribution in [0, 0.1) is 0 Å². The first-order valence-corrected chi connectivity index (χ1v) is 13.5. The molecule has 2 N–H and O–H groups in total. The van der Waals surface area contributed by atoms with Crippen LogP contribution in [0.5, 0.6) is 0 Å². The van der Waals surface area contributed by atoms with Gasteiger partial charge in [0, 0.05) is 0 Å². The summed E-state index contributed by atoms with van der Waals surface area (Å²) < 4.78 is 6.92. The Labute approximate surface area is 136 Å². The first-order valence-electron chi connectivity index (χ1n) is 7.99. The maximum Gasteiger partial charge on any atom is 0.241 e. The first-order chi connectivity index (χ1) is 10.5. The highest BCUT2D eigenvalue weighted by Crippen LogP contribution is 2.20. The molecule has 0 radical (unpaired) electrons. The maximum atomic E-state index is 6.92. The molecule has 2 rings (SSSR count). The van der Waals surface area contributed by atoms with E-state index in [4.69, 9.17) is 9.85 Å². The predicted molar refractivity (Wildman–Crippen MR) is 101 cm³/mol. The summed E-state index contributed by atoms with van der Waals surface area (Å²) in [5.41, 5.74) is 5.70. The Balaban J connectivity index is 2.39. The topological polar surface area (TPSA) is 35.2 Å². The van der Waals surface area contributed by atoms with Gasteiger partial charge in [0.1, 0.15) is 0 Å². The number of benzene rings is 2. The fourth-order valence-electron chi connectivity index (χ4n) is 2.93. The van der Waals surface area contributed by atoms with E-state index in [1.165, 1.54) is 10.4 Å². The molecule has 0 saturated heterocycles. The summed E-state index contributed by atoms with van der Waals surface area (Å²) in [6, 6.07) is 22.6.